The Morgan fingerprint density at radius 1 is 1.37 bits per heavy atom. The molecule has 0 heterocycles. The van der Waals surface area contributed by atoms with Crippen molar-refractivity contribution in [2.24, 2.45) is 22.7 Å². The molecule has 1 rings (SSSR count). The number of carboxylic acids is 1. The van der Waals surface area contributed by atoms with Gasteiger partial charge in [-0.15, -0.1) is 0 Å². The van der Waals surface area contributed by atoms with Gasteiger partial charge in [0.15, 0.2) is 0 Å². The van der Waals surface area contributed by atoms with E-state index in [9.17, 15) is 9.90 Å². The van der Waals surface area contributed by atoms with E-state index in [2.05, 4.69) is 27.7 Å². The molecule has 0 bridgehead atoms. The van der Waals surface area contributed by atoms with E-state index >= 15 is 0 Å². The van der Waals surface area contributed by atoms with E-state index in [0.29, 0.717) is 17.9 Å². The molecule has 0 aliphatic heterocycles. The lowest BCUT2D eigenvalue weighted by atomic mass is 9.59. The van der Waals surface area contributed by atoms with Crippen molar-refractivity contribution in [1.82, 2.24) is 0 Å². The Morgan fingerprint density at radius 3 is 2.26 bits per heavy atom. The number of rotatable bonds is 5. The standard InChI is InChI=1S/C16H30O3/c1-12(8-11-19-5)16(14(17)18)9-6-13(7-10-16)15(2,3)4/h12-13H,6-11H2,1-5H3,(H,17,18). The Bertz CT molecular complexity index is 296. The molecule has 0 spiro atoms. The maximum Gasteiger partial charge on any atom is 0.309 e. The van der Waals surface area contributed by atoms with Gasteiger partial charge in [-0.1, -0.05) is 27.7 Å². The SMILES string of the molecule is COCCC(C)C1(C(=O)O)CCC(C(C)(C)C)CC1. The highest BCUT2D eigenvalue weighted by Crippen LogP contribution is 2.49. The van der Waals surface area contributed by atoms with Gasteiger partial charge in [0.05, 0.1) is 5.41 Å². The first-order valence-electron chi connectivity index (χ1n) is 7.46. The number of hydrogen-bond acceptors (Lipinski definition) is 2. The minimum absolute atomic E-state index is 0.186. The van der Waals surface area contributed by atoms with Gasteiger partial charge in [-0.25, -0.2) is 0 Å². The van der Waals surface area contributed by atoms with Gasteiger partial charge < -0.3 is 9.84 Å². The van der Waals surface area contributed by atoms with E-state index in [-0.39, 0.29) is 5.92 Å². The topological polar surface area (TPSA) is 46.5 Å². The highest BCUT2D eigenvalue weighted by atomic mass is 16.5. The molecule has 3 heteroatoms. The molecule has 0 amide bonds. The van der Waals surface area contributed by atoms with Crippen LogP contribution in [0.5, 0.6) is 0 Å². The lowest BCUT2D eigenvalue weighted by Gasteiger charge is -2.44. The largest absolute Gasteiger partial charge is 0.481 e. The summed E-state index contributed by atoms with van der Waals surface area (Å²) >= 11 is 0. The minimum atomic E-state index is -0.608. The number of hydrogen-bond donors (Lipinski definition) is 1. The molecule has 0 radical (unpaired) electrons. The lowest BCUT2D eigenvalue weighted by Crippen LogP contribution is -2.43. The van der Waals surface area contributed by atoms with Crippen molar-refractivity contribution in [3.8, 4) is 0 Å². The van der Waals surface area contributed by atoms with Crippen LogP contribution in [0.1, 0.15) is 59.8 Å². The van der Waals surface area contributed by atoms with E-state index in [1.807, 2.05) is 0 Å². The molecule has 1 saturated carbocycles. The zero-order chi connectivity index (χ0) is 14.7. The van der Waals surface area contributed by atoms with Crippen molar-refractivity contribution in [2.45, 2.75) is 59.8 Å². The number of methoxy groups -OCH3 is 1. The number of aliphatic carboxylic acids is 1. The summed E-state index contributed by atoms with van der Waals surface area (Å²) in [5.41, 5.74) is -0.235. The van der Waals surface area contributed by atoms with Gasteiger partial charge in [-0.2, -0.15) is 0 Å². The summed E-state index contributed by atoms with van der Waals surface area (Å²) in [6.07, 6.45) is 4.54. The van der Waals surface area contributed by atoms with Crippen LogP contribution >= 0.6 is 0 Å². The van der Waals surface area contributed by atoms with Crippen LogP contribution in [0.4, 0.5) is 0 Å². The van der Waals surface area contributed by atoms with Crippen LogP contribution in [0.25, 0.3) is 0 Å². The quantitative estimate of drug-likeness (QED) is 0.822. The van der Waals surface area contributed by atoms with Crippen LogP contribution in [0.15, 0.2) is 0 Å². The Morgan fingerprint density at radius 2 is 1.89 bits per heavy atom. The summed E-state index contributed by atoms with van der Waals surface area (Å²) in [6.45, 7) is 9.52. The molecule has 112 valence electrons. The molecule has 1 unspecified atom stereocenters. The first-order valence-corrected chi connectivity index (χ1v) is 7.46. The Balaban J connectivity index is 2.74. The second-order valence-electron chi connectivity index (χ2n) is 7.28. The summed E-state index contributed by atoms with van der Waals surface area (Å²) in [7, 11) is 1.68. The van der Waals surface area contributed by atoms with Crippen molar-refractivity contribution in [3.05, 3.63) is 0 Å². The number of carbonyl (C=O) groups is 1. The van der Waals surface area contributed by atoms with E-state index in [1.54, 1.807) is 7.11 Å². The van der Waals surface area contributed by atoms with Crippen LogP contribution in [-0.4, -0.2) is 24.8 Å². The lowest BCUT2D eigenvalue weighted by molar-refractivity contribution is -0.157. The molecule has 0 aromatic rings. The van der Waals surface area contributed by atoms with Crippen molar-refractivity contribution < 1.29 is 14.6 Å². The normalized spacial score (nSPS) is 30.1. The van der Waals surface area contributed by atoms with Gasteiger partial charge in [-0.3, -0.25) is 4.79 Å². The van der Waals surface area contributed by atoms with Gasteiger partial charge in [0.1, 0.15) is 0 Å². The highest BCUT2D eigenvalue weighted by Gasteiger charge is 2.47. The Labute approximate surface area is 117 Å². The fraction of sp³-hybridized carbons (Fsp3) is 0.938. The Hall–Kier alpha value is -0.570. The van der Waals surface area contributed by atoms with Gasteiger partial charge >= 0.3 is 5.97 Å². The summed E-state index contributed by atoms with van der Waals surface area (Å²) in [6, 6.07) is 0. The van der Waals surface area contributed by atoms with Crippen molar-refractivity contribution in [1.29, 1.82) is 0 Å². The molecule has 1 aliphatic rings. The molecule has 3 nitrogen and oxygen atoms in total. The maximum atomic E-state index is 11.8. The molecule has 0 aromatic heterocycles. The molecule has 0 saturated heterocycles. The van der Waals surface area contributed by atoms with Crippen LogP contribution in [-0.2, 0) is 9.53 Å². The van der Waals surface area contributed by atoms with Crippen molar-refractivity contribution in [2.75, 3.05) is 13.7 Å². The smallest absolute Gasteiger partial charge is 0.309 e. The fourth-order valence-electron chi connectivity index (χ4n) is 3.49. The third-order valence-electron chi connectivity index (χ3n) is 5.23. The molecule has 1 N–H and O–H groups in total. The molecule has 1 fully saturated rings. The van der Waals surface area contributed by atoms with E-state index in [1.165, 1.54) is 0 Å². The molecule has 1 aliphatic carbocycles. The first kappa shape index (κ1) is 16.5. The summed E-state index contributed by atoms with van der Waals surface area (Å²) in [5.74, 6) is 0.226. The minimum Gasteiger partial charge on any atom is -0.481 e. The third kappa shape index (κ3) is 3.71. The first-order chi connectivity index (χ1) is 8.74. The summed E-state index contributed by atoms with van der Waals surface area (Å²) in [4.78, 5) is 11.8. The van der Waals surface area contributed by atoms with Gasteiger partial charge in [0, 0.05) is 13.7 Å². The maximum absolute atomic E-state index is 11.8. The average molecular weight is 270 g/mol. The second-order valence-corrected chi connectivity index (χ2v) is 7.28. The number of carboxylic acid groups (broad SMARTS) is 1. The molecular weight excluding hydrogens is 240 g/mol. The third-order valence-corrected chi connectivity index (χ3v) is 5.23. The molecule has 0 aromatic carbocycles. The summed E-state index contributed by atoms with van der Waals surface area (Å²) < 4.78 is 5.11. The fourth-order valence-corrected chi connectivity index (χ4v) is 3.49. The van der Waals surface area contributed by atoms with Crippen LogP contribution in [0, 0.1) is 22.7 Å². The van der Waals surface area contributed by atoms with Crippen LogP contribution < -0.4 is 0 Å². The van der Waals surface area contributed by atoms with Gasteiger partial charge in [0.2, 0.25) is 0 Å². The van der Waals surface area contributed by atoms with E-state index in [4.69, 9.17) is 4.74 Å². The monoisotopic (exact) mass is 270 g/mol. The van der Waals surface area contributed by atoms with E-state index in [0.717, 1.165) is 32.1 Å². The highest BCUT2D eigenvalue weighted by molar-refractivity contribution is 5.75. The van der Waals surface area contributed by atoms with Crippen LogP contribution in [0.2, 0.25) is 0 Å². The average Bonchev–Trinajstić information content (AvgIpc) is 2.34. The van der Waals surface area contributed by atoms with Crippen LogP contribution in [0.3, 0.4) is 0 Å². The predicted molar refractivity (Wildman–Crippen MR) is 77.1 cm³/mol. The molecule has 1 atom stereocenters. The zero-order valence-electron chi connectivity index (χ0n) is 13.2. The van der Waals surface area contributed by atoms with Crippen molar-refractivity contribution in [3.63, 3.8) is 0 Å². The molecular formula is C16H30O3. The van der Waals surface area contributed by atoms with E-state index < -0.39 is 11.4 Å². The summed E-state index contributed by atoms with van der Waals surface area (Å²) in [5, 5.41) is 9.71. The Kier molecular flexibility index (Phi) is 5.43. The number of ether oxygens (including phenoxy) is 1. The van der Waals surface area contributed by atoms with Gasteiger partial charge in [0.25, 0.3) is 0 Å². The second kappa shape index (κ2) is 6.25. The zero-order valence-corrected chi connectivity index (χ0v) is 13.2. The van der Waals surface area contributed by atoms with Crippen molar-refractivity contribution >= 4 is 5.97 Å². The molecule has 19 heavy (non-hydrogen) atoms. The van der Waals surface area contributed by atoms with Gasteiger partial charge in [-0.05, 0) is 49.4 Å². The predicted octanol–water partition coefficient (Wildman–Crippen LogP) is 3.97.